The van der Waals surface area contributed by atoms with Crippen molar-refractivity contribution in [1.82, 2.24) is 10.6 Å². The number of rotatable bonds is 8. The summed E-state index contributed by atoms with van der Waals surface area (Å²) in [5.41, 5.74) is 0.216. The zero-order chi connectivity index (χ0) is 17.1. The Morgan fingerprint density at radius 2 is 1.92 bits per heavy atom. The molecule has 2 saturated carbocycles. The van der Waals surface area contributed by atoms with Crippen LogP contribution >= 0.6 is 0 Å². The fraction of sp³-hybridized carbons (Fsp3) is 0.556. The molecule has 2 amide bonds. The fourth-order valence-corrected chi connectivity index (χ4v) is 2.83. The smallest absolute Gasteiger partial charge is 0.223 e. The first-order valence-corrected chi connectivity index (χ1v) is 8.56. The van der Waals surface area contributed by atoms with Gasteiger partial charge in [0.25, 0.3) is 0 Å². The maximum atomic E-state index is 14.0. The van der Waals surface area contributed by atoms with E-state index in [4.69, 9.17) is 0 Å². The molecule has 4 nitrogen and oxygen atoms in total. The molecule has 2 fully saturated rings. The van der Waals surface area contributed by atoms with E-state index in [0.29, 0.717) is 13.0 Å². The summed E-state index contributed by atoms with van der Waals surface area (Å²) in [7, 11) is 0. The van der Waals surface area contributed by atoms with Crippen LogP contribution in [0, 0.1) is 23.5 Å². The Morgan fingerprint density at radius 3 is 2.58 bits per heavy atom. The Balaban J connectivity index is 1.49. The first-order valence-electron chi connectivity index (χ1n) is 8.56. The van der Waals surface area contributed by atoms with Crippen molar-refractivity contribution >= 4 is 11.8 Å². The minimum Gasteiger partial charge on any atom is -0.356 e. The van der Waals surface area contributed by atoms with Crippen molar-refractivity contribution in [2.45, 2.75) is 44.6 Å². The summed E-state index contributed by atoms with van der Waals surface area (Å²) in [4.78, 5) is 23.6. The molecule has 0 aromatic heterocycles. The molecule has 24 heavy (non-hydrogen) atoms. The summed E-state index contributed by atoms with van der Waals surface area (Å²) in [6.07, 6.45) is 4.50. The molecule has 0 spiro atoms. The summed E-state index contributed by atoms with van der Waals surface area (Å²) >= 11 is 0. The maximum absolute atomic E-state index is 14.0. The average molecular weight is 336 g/mol. The normalized spacial score (nSPS) is 18.1. The van der Waals surface area contributed by atoms with E-state index in [-0.39, 0.29) is 35.6 Å². The molecule has 130 valence electrons. The number of carbonyl (C=O) groups excluding carboxylic acids is 2. The monoisotopic (exact) mass is 336 g/mol. The van der Waals surface area contributed by atoms with Gasteiger partial charge in [0.1, 0.15) is 11.6 Å². The summed E-state index contributed by atoms with van der Waals surface area (Å²) in [6.45, 7) is 0.463. The van der Waals surface area contributed by atoms with Crippen LogP contribution in [0.25, 0.3) is 0 Å². The molecule has 1 atom stereocenters. The second-order valence-corrected chi connectivity index (χ2v) is 6.72. The van der Waals surface area contributed by atoms with E-state index < -0.39 is 17.7 Å². The molecule has 0 unspecified atom stereocenters. The minimum atomic E-state index is -0.505. The Morgan fingerprint density at radius 1 is 1.17 bits per heavy atom. The molecule has 0 radical (unpaired) electrons. The molecule has 1 aromatic carbocycles. The molecule has 0 saturated heterocycles. The van der Waals surface area contributed by atoms with Crippen LogP contribution in [0.1, 0.15) is 50.1 Å². The van der Waals surface area contributed by atoms with Crippen LogP contribution in [0.5, 0.6) is 0 Å². The Labute approximate surface area is 140 Å². The number of amides is 2. The van der Waals surface area contributed by atoms with Gasteiger partial charge >= 0.3 is 0 Å². The van der Waals surface area contributed by atoms with Gasteiger partial charge < -0.3 is 10.6 Å². The lowest BCUT2D eigenvalue weighted by Crippen LogP contribution is -2.32. The van der Waals surface area contributed by atoms with Crippen molar-refractivity contribution in [2.75, 3.05) is 6.54 Å². The Hall–Kier alpha value is -1.98. The van der Waals surface area contributed by atoms with E-state index in [1.54, 1.807) is 0 Å². The minimum absolute atomic E-state index is 0.0631. The Bertz CT molecular complexity index is 627. The molecule has 0 heterocycles. The molecule has 3 rings (SSSR count). The van der Waals surface area contributed by atoms with Gasteiger partial charge in [0.2, 0.25) is 11.8 Å². The van der Waals surface area contributed by atoms with Gasteiger partial charge in [0.05, 0.1) is 6.04 Å². The highest BCUT2D eigenvalue weighted by Gasteiger charge is 2.35. The van der Waals surface area contributed by atoms with Crippen molar-refractivity contribution < 1.29 is 18.4 Å². The van der Waals surface area contributed by atoms with E-state index in [1.165, 1.54) is 0 Å². The molecule has 6 heteroatoms. The maximum Gasteiger partial charge on any atom is 0.223 e. The topological polar surface area (TPSA) is 58.2 Å². The molecular weight excluding hydrogens is 314 g/mol. The van der Waals surface area contributed by atoms with Crippen molar-refractivity contribution in [3.8, 4) is 0 Å². The third-order valence-corrected chi connectivity index (χ3v) is 4.53. The molecule has 1 aromatic rings. The second-order valence-electron chi connectivity index (χ2n) is 6.72. The van der Waals surface area contributed by atoms with Gasteiger partial charge in [0, 0.05) is 24.4 Å². The lowest BCUT2D eigenvalue weighted by atomic mass is 10.0. The van der Waals surface area contributed by atoms with Gasteiger partial charge in [-0.05, 0) is 56.2 Å². The van der Waals surface area contributed by atoms with E-state index in [1.807, 2.05) is 0 Å². The number of hydrogen-bond acceptors (Lipinski definition) is 2. The average Bonchev–Trinajstić information content (AvgIpc) is 3.43. The highest BCUT2D eigenvalue weighted by molar-refractivity contribution is 5.81. The van der Waals surface area contributed by atoms with E-state index in [0.717, 1.165) is 43.9 Å². The Kier molecular flexibility index (Phi) is 5.11. The first kappa shape index (κ1) is 16.9. The molecular formula is C18H22F2N2O2. The second kappa shape index (κ2) is 7.28. The van der Waals surface area contributed by atoms with E-state index in [9.17, 15) is 18.4 Å². The largest absolute Gasteiger partial charge is 0.356 e. The third-order valence-electron chi connectivity index (χ3n) is 4.53. The molecule has 2 aliphatic carbocycles. The molecule has 0 aliphatic heterocycles. The van der Waals surface area contributed by atoms with Crippen molar-refractivity contribution in [2.24, 2.45) is 11.8 Å². The third kappa shape index (κ3) is 4.52. The van der Waals surface area contributed by atoms with Crippen LogP contribution in [0.2, 0.25) is 0 Å². The SMILES string of the molecule is O=C(CCCNC(=O)C1CC1)N[C@H](c1cc(F)ccc1F)C1CC1. The zero-order valence-electron chi connectivity index (χ0n) is 13.5. The summed E-state index contributed by atoms with van der Waals surface area (Å²) < 4.78 is 27.4. The molecule has 2 aliphatic rings. The van der Waals surface area contributed by atoms with Crippen LogP contribution in [0.15, 0.2) is 18.2 Å². The van der Waals surface area contributed by atoms with Gasteiger partial charge in [-0.1, -0.05) is 0 Å². The van der Waals surface area contributed by atoms with Crippen molar-refractivity contribution in [1.29, 1.82) is 0 Å². The van der Waals surface area contributed by atoms with Crippen molar-refractivity contribution in [3.05, 3.63) is 35.4 Å². The van der Waals surface area contributed by atoms with Crippen LogP contribution in [-0.2, 0) is 9.59 Å². The molecule has 2 N–H and O–H groups in total. The van der Waals surface area contributed by atoms with E-state index in [2.05, 4.69) is 10.6 Å². The number of nitrogens with one attached hydrogen (secondary N) is 2. The fourth-order valence-electron chi connectivity index (χ4n) is 2.83. The van der Waals surface area contributed by atoms with Crippen LogP contribution in [0.3, 0.4) is 0 Å². The van der Waals surface area contributed by atoms with Gasteiger partial charge in [-0.3, -0.25) is 9.59 Å². The molecule has 0 bridgehead atoms. The van der Waals surface area contributed by atoms with Gasteiger partial charge in [-0.25, -0.2) is 8.78 Å². The van der Waals surface area contributed by atoms with Crippen LogP contribution in [0.4, 0.5) is 8.78 Å². The highest BCUT2D eigenvalue weighted by Crippen LogP contribution is 2.41. The number of halogens is 2. The van der Waals surface area contributed by atoms with Crippen LogP contribution < -0.4 is 10.6 Å². The lowest BCUT2D eigenvalue weighted by molar-refractivity contribution is -0.124. The standard InChI is InChI=1S/C18H22F2N2O2/c19-13-7-8-15(20)14(10-13)17(11-3-4-11)22-16(23)2-1-9-21-18(24)12-5-6-12/h7-8,10-12,17H,1-6,9H2,(H,21,24)(H,22,23)/t17-/m0/s1. The number of carbonyl (C=O) groups is 2. The number of benzene rings is 1. The summed E-state index contributed by atoms with van der Waals surface area (Å²) in [5, 5.41) is 5.64. The van der Waals surface area contributed by atoms with Gasteiger partial charge in [0.15, 0.2) is 0 Å². The number of hydrogen-bond donors (Lipinski definition) is 2. The summed E-state index contributed by atoms with van der Waals surface area (Å²) in [5.74, 6) is -0.808. The van der Waals surface area contributed by atoms with E-state index >= 15 is 0 Å². The lowest BCUT2D eigenvalue weighted by Gasteiger charge is -2.19. The van der Waals surface area contributed by atoms with Crippen LogP contribution in [-0.4, -0.2) is 18.4 Å². The van der Waals surface area contributed by atoms with Gasteiger partial charge in [-0.2, -0.15) is 0 Å². The summed E-state index contributed by atoms with van der Waals surface area (Å²) in [6, 6.07) is 2.86. The zero-order valence-corrected chi connectivity index (χ0v) is 13.5. The van der Waals surface area contributed by atoms with Crippen molar-refractivity contribution in [3.63, 3.8) is 0 Å². The predicted octanol–water partition coefficient (Wildman–Crippen LogP) is 2.84. The van der Waals surface area contributed by atoms with Gasteiger partial charge in [-0.15, -0.1) is 0 Å². The first-order chi connectivity index (χ1) is 11.5. The quantitative estimate of drug-likeness (QED) is 0.717. The highest BCUT2D eigenvalue weighted by atomic mass is 19.1. The predicted molar refractivity (Wildman–Crippen MR) is 84.9 cm³/mol.